The zero-order chi connectivity index (χ0) is 16.7. The van der Waals surface area contributed by atoms with Gasteiger partial charge in [-0.1, -0.05) is 19.1 Å². The van der Waals surface area contributed by atoms with Gasteiger partial charge in [-0.2, -0.15) is 0 Å². The summed E-state index contributed by atoms with van der Waals surface area (Å²) in [6, 6.07) is 4.79. The summed E-state index contributed by atoms with van der Waals surface area (Å²) in [6.45, 7) is 5.40. The van der Waals surface area contributed by atoms with E-state index < -0.39 is 23.9 Å². The molecule has 3 N–H and O–H groups in total. The molecule has 1 aromatic carbocycles. The number of hydrogen-bond donors (Lipinski definition) is 3. The number of halogens is 1. The second-order valence-electron chi connectivity index (χ2n) is 5.38. The van der Waals surface area contributed by atoms with Gasteiger partial charge in [-0.05, 0) is 38.0 Å². The molecule has 0 aromatic heterocycles. The Morgan fingerprint density at radius 3 is 2.55 bits per heavy atom. The van der Waals surface area contributed by atoms with Crippen LogP contribution in [0.5, 0.6) is 0 Å². The van der Waals surface area contributed by atoms with E-state index >= 15 is 0 Å². The maximum atomic E-state index is 13.1. The Morgan fingerprint density at radius 2 is 1.95 bits per heavy atom. The number of hydrogen-bond acceptors (Lipinski definition) is 3. The van der Waals surface area contributed by atoms with Crippen LogP contribution in [-0.4, -0.2) is 29.0 Å². The van der Waals surface area contributed by atoms with Crippen LogP contribution in [0.2, 0.25) is 0 Å². The third-order valence-corrected chi connectivity index (χ3v) is 3.38. The lowest BCUT2D eigenvalue weighted by Crippen LogP contribution is -2.47. The largest absolute Gasteiger partial charge is 0.388 e. The molecular weight excluding hydrogens is 287 g/mol. The van der Waals surface area contributed by atoms with Gasteiger partial charge in [0, 0.05) is 6.04 Å². The monoisotopic (exact) mass is 310 g/mol. The molecule has 0 spiro atoms. The van der Waals surface area contributed by atoms with Crippen LogP contribution in [0, 0.1) is 5.82 Å². The van der Waals surface area contributed by atoms with Gasteiger partial charge in [-0.3, -0.25) is 9.59 Å². The van der Waals surface area contributed by atoms with Gasteiger partial charge in [0.05, 0.1) is 12.5 Å². The number of rotatable bonds is 7. The Labute approximate surface area is 129 Å². The highest BCUT2D eigenvalue weighted by molar-refractivity contribution is 5.87. The van der Waals surface area contributed by atoms with Crippen LogP contribution in [0.25, 0.3) is 0 Å². The van der Waals surface area contributed by atoms with Gasteiger partial charge in [-0.25, -0.2) is 4.39 Å². The molecule has 0 heterocycles. The van der Waals surface area contributed by atoms with Crippen molar-refractivity contribution in [2.75, 3.05) is 0 Å². The van der Waals surface area contributed by atoms with Crippen molar-refractivity contribution in [2.24, 2.45) is 0 Å². The van der Waals surface area contributed by atoms with E-state index in [0.717, 1.165) is 6.42 Å². The van der Waals surface area contributed by atoms with Crippen LogP contribution in [-0.2, 0) is 9.59 Å². The van der Waals surface area contributed by atoms with Crippen molar-refractivity contribution >= 4 is 11.8 Å². The smallest absolute Gasteiger partial charge is 0.242 e. The first-order valence-electron chi connectivity index (χ1n) is 7.36. The molecule has 0 saturated carbocycles. The summed E-state index contributed by atoms with van der Waals surface area (Å²) >= 11 is 0. The molecule has 3 unspecified atom stereocenters. The molecule has 3 atom stereocenters. The first-order chi connectivity index (χ1) is 10.3. The SMILES string of the molecule is CCC(C)NC(=O)C(C)NC(=O)CC(O)c1cccc(F)c1. The molecule has 0 aliphatic heterocycles. The molecule has 0 radical (unpaired) electrons. The van der Waals surface area contributed by atoms with Crippen LogP contribution in [0.4, 0.5) is 4.39 Å². The van der Waals surface area contributed by atoms with Crippen molar-refractivity contribution in [3.8, 4) is 0 Å². The van der Waals surface area contributed by atoms with E-state index in [9.17, 15) is 19.1 Å². The van der Waals surface area contributed by atoms with E-state index in [0.29, 0.717) is 5.56 Å². The van der Waals surface area contributed by atoms with E-state index in [-0.39, 0.29) is 18.4 Å². The molecule has 2 amide bonds. The van der Waals surface area contributed by atoms with E-state index in [4.69, 9.17) is 0 Å². The van der Waals surface area contributed by atoms with Crippen molar-refractivity contribution in [1.29, 1.82) is 0 Å². The summed E-state index contributed by atoms with van der Waals surface area (Å²) in [7, 11) is 0. The molecule has 0 aliphatic carbocycles. The standard InChI is InChI=1S/C16H23FN2O3/c1-4-10(2)18-16(22)11(3)19-15(21)9-14(20)12-6-5-7-13(17)8-12/h5-8,10-11,14,20H,4,9H2,1-3H3,(H,18,22)(H,19,21). The van der Waals surface area contributed by atoms with Gasteiger partial charge in [0.25, 0.3) is 0 Å². The van der Waals surface area contributed by atoms with Gasteiger partial charge < -0.3 is 15.7 Å². The van der Waals surface area contributed by atoms with Gasteiger partial charge in [-0.15, -0.1) is 0 Å². The van der Waals surface area contributed by atoms with Crippen LogP contribution in [0.1, 0.15) is 45.3 Å². The zero-order valence-corrected chi connectivity index (χ0v) is 13.1. The van der Waals surface area contributed by atoms with Crippen molar-refractivity contribution in [2.45, 2.75) is 51.8 Å². The minimum absolute atomic E-state index is 0.0322. The predicted octanol–water partition coefficient (Wildman–Crippen LogP) is 1.67. The summed E-state index contributed by atoms with van der Waals surface area (Å²) in [5.74, 6) is -1.22. The van der Waals surface area contributed by atoms with E-state index in [1.54, 1.807) is 13.0 Å². The Hall–Kier alpha value is -1.95. The molecule has 6 heteroatoms. The second kappa shape index (κ2) is 8.48. The van der Waals surface area contributed by atoms with Crippen LogP contribution < -0.4 is 10.6 Å². The fraction of sp³-hybridized carbons (Fsp3) is 0.500. The lowest BCUT2D eigenvalue weighted by atomic mass is 10.1. The fourth-order valence-corrected chi connectivity index (χ4v) is 1.84. The summed E-state index contributed by atoms with van der Waals surface area (Å²) in [4.78, 5) is 23.6. The van der Waals surface area contributed by atoms with Crippen molar-refractivity contribution in [3.63, 3.8) is 0 Å². The van der Waals surface area contributed by atoms with Gasteiger partial charge in [0.1, 0.15) is 11.9 Å². The zero-order valence-electron chi connectivity index (χ0n) is 13.1. The maximum absolute atomic E-state index is 13.1. The highest BCUT2D eigenvalue weighted by Gasteiger charge is 2.19. The normalized spacial score (nSPS) is 14.8. The molecular formula is C16H23FN2O3. The molecule has 1 rings (SSSR count). The molecule has 122 valence electrons. The van der Waals surface area contributed by atoms with Crippen LogP contribution in [0.3, 0.4) is 0 Å². The first kappa shape index (κ1) is 18.1. The number of benzene rings is 1. The maximum Gasteiger partial charge on any atom is 0.242 e. The van der Waals surface area contributed by atoms with Crippen molar-refractivity contribution < 1.29 is 19.1 Å². The third-order valence-electron chi connectivity index (χ3n) is 3.38. The van der Waals surface area contributed by atoms with Gasteiger partial charge >= 0.3 is 0 Å². The lowest BCUT2D eigenvalue weighted by molar-refractivity contribution is -0.130. The molecule has 1 aromatic rings. The Balaban J connectivity index is 2.50. The molecule has 22 heavy (non-hydrogen) atoms. The highest BCUT2D eigenvalue weighted by Crippen LogP contribution is 2.17. The number of carbonyl (C=O) groups is 2. The summed E-state index contributed by atoms with van der Waals surface area (Å²) in [5, 5.41) is 15.2. The first-order valence-corrected chi connectivity index (χ1v) is 7.36. The average molecular weight is 310 g/mol. The number of amides is 2. The summed E-state index contributed by atoms with van der Waals surface area (Å²) in [5.41, 5.74) is 0.326. The quantitative estimate of drug-likeness (QED) is 0.717. The molecule has 0 fully saturated rings. The molecule has 5 nitrogen and oxygen atoms in total. The molecule has 0 aliphatic rings. The van der Waals surface area contributed by atoms with Crippen LogP contribution in [0.15, 0.2) is 24.3 Å². The fourth-order valence-electron chi connectivity index (χ4n) is 1.84. The number of carbonyl (C=O) groups excluding carboxylic acids is 2. The number of aliphatic hydroxyl groups excluding tert-OH is 1. The summed E-state index contributed by atoms with van der Waals surface area (Å²) < 4.78 is 13.1. The van der Waals surface area contributed by atoms with Crippen LogP contribution >= 0.6 is 0 Å². The Bertz CT molecular complexity index is 522. The molecule has 0 bridgehead atoms. The number of aliphatic hydroxyl groups is 1. The van der Waals surface area contributed by atoms with E-state index in [1.165, 1.54) is 18.2 Å². The Morgan fingerprint density at radius 1 is 1.27 bits per heavy atom. The van der Waals surface area contributed by atoms with Crippen molar-refractivity contribution in [1.82, 2.24) is 10.6 Å². The van der Waals surface area contributed by atoms with Gasteiger partial charge in [0.15, 0.2) is 0 Å². The topological polar surface area (TPSA) is 78.4 Å². The minimum atomic E-state index is -1.11. The highest BCUT2D eigenvalue weighted by atomic mass is 19.1. The minimum Gasteiger partial charge on any atom is -0.388 e. The third kappa shape index (κ3) is 5.81. The number of nitrogens with one attached hydrogen (secondary N) is 2. The molecule has 0 saturated heterocycles. The second-order valence-corrected chi connectivity index (χ2v) is 5.38. The summed E-state index contributed by atoms with van der Waals surface area (Å²) in [6.07, 6.45) is -0.546. The van der Waals surface area contributed by atoms with Crippen molar-refractivity contribution in [3.05, 3.63) is 35.6 Å². The van der Waals surface area contributed by atoms with E-state index in [1.807, 2.05) is 13.8 Å². The lowest BCUT2D eigenvalue weighted by Gasteiger charge is -2.18. The average Bonchev–Trinajstić information content (AvgIpc) is 2.46. The van der Waals surface area contributed by atoms with Gasteiger partial charge in [0.2, 0.25) is 11.8 Å². The predicted molar refractivity (Wildman–Crippen MR) is 81.5 cm³/mol. The van der Waals surface area contributed by atoms with E-state index in [2.05, 4.69) is 10.6 Å². The Kier molecular flexibility index (Phi) is 6.98.